The fourth-order valence-electron chi connectivity index (χ4n) is 1.23. The Hall–Kier alpha value is -0.540. The maximum Gasteiger partial charge on any atom is 0.0312 e. The zero-order chi connectivity index (χ0) is 12.0. The Morgan fingerprint density at radius 3 is 2.75 bits per heavy atom. The Balaban J connectivity index is 2.23. The molecular weight excluding hydrogens is 216 g/mol. The summed E-state index contributed by atoms with van der Waals surface area (Å²) in [5.74, 6) is 1.14. The van der Waals surface area contributed by atoms with Crippen LogP contribution in [-0.4, -0.2) is 21.5 Å². The number of hydrogen-bond acceptors (Lipinski definition) is 3. The molecule has 1 N–H and O–H groups in total. The van der Waals surface area contributed by atoms with Gasteiger partial charge in [-0.15, -0.1) is 0 Å². The second-order valence-corrected chi connectivity index (χ2v) is 6.91. The van der Waals surface area contributed by atoms with Crippen molar-refractivity contribution < 1.29 is 0 Å². The average Bonchev–Trinajstić information content (AvgIpc) is 2.24. The van der Waals surface area contributed by atoms with E-state index in [0.29, 0.717) is 10.8 Å². The average molecular weight is 238 g/mol. The molecule has 0 bridgehead atoms. The first kappa shape index (κ1) is 13.5. The largest absolute Gasteiger partial charge is 0.309 e. The SMILES string of the molecule is CC(CSC(C)(C)C)NCc1cccnc1. The molecule has 0 radical (unpaired) electrons. The third-order valence-corrected chi connectivity index (χ3v) is 3.68. The molecule has 1 rings (SSSR count). The fraction of sp³-hybridized carbons (Fsp3) is 0.615. The van der Waals surface area contributed by atoms with Crippen LogP contribution in [0.15, 0.2) is 24.5 Å². The van der Waals surface area contributed by atoms with Crippen LogP contribution in [-0.2, 0) is 6.54 Å². The first-order chi connectivity index (χ1) is 7.47. The minimum atomic E-state index is 0.351. The van der Waals surface area contributed by atoms with Crippen molar-refractivity contribution in [3.8, 4) is 0 Å². The summed E-state index contributed by atoms with van der Waals surface area (Å²) in [4.78, 5) is 4.10. The van der Waals surface area contributed by atoms with E-state index in [1.165, 1.54) is 5.56 Å². The smallest absolute Gasteiger partial charge is 0.0312 e. The minimum absolute atomic E-state index is 0.351. The van der Waals surface area contributed by atoms with Crippen LogP contribution < -0.4 is 5.32 Å². The maximum absolute atomic E-state index is 4.10. The van der Waals surface area contributed by atoms with Crippen LogP contribution in [0.2, 0.25) is 0 Å². The van der Waals surface area contributed by atoms with E-state index in [1.54, 1.807) is 0 Å². The summed E-state index contributed by atoms with van der Waals surface area (Å²) in [7, 11) is 0. The van der Waals surface area contributed by atoms with Gasteiger partial charge < -0.3 is 5.32 Å². The van der Waals surface area contributed by atoms with Gasteiger partial charge in [-0.2, -0.15) is 11.8 Å². The van der Waals surface area contributed by atoms with Crippen molar-refractivity contribution in [3.05, 3.63) is 30.1 Å². The number of nitrogens with zero attached hydrogens (tertiary/aromatic N) is 1. The molecule has 0 fully saturated rings. The molecule has 0 aliphatic rings. The number of hydrogen-bond donors (Lipinski definition) is 1. The number of pyridine rings is 1. The quantitative estimate of drug-likeness (QED) is 0.853. The van der Waals surface area contributed by atoms with Crippen molar-refractivity contribution in [1.29, 1.82) is 0 Å². The van der Waals surface area contributed by atoms with Crippen LogP contribution in [0.25, 0.3) is 0 Å². The van der Waals surface area contributed by atoms with Crippen LogP contribution in [0.3, 0.4) is 0 Å². The molecule has 0 aliphatic carbocycles. The monoisotopic (exact) mass is 238 g/mol. The lowest BCUT2D eigenvalue weighted by Crippen LogP contribution is -2.29. The first-order valence-electron chi connectivity index (χ1n) is 5.73. The van der Waals surface area contributed by atoms with E-state index in [0.717, 1.165) is 12.3 Å². The Labute approximate surface area is 103 Å². The molecule has 1 heterocycles. The highest BCUT2D eigenvalue weighted by atomic mass is 32.2. The topological polar surface area (TPSA) is 24.9 Å². The first-order valence-corrected chi connectivity index (χ1v) is 6.72. The lowest BCUT2D eigenvalue weighted by atomic mass is 10.2. The van der Waals surface area contributed by atoms with Gasteiger partial charge in [0, 0.05) is 35.5 Å². The van der Waals surface area contributed by atoms with Gasteiger partial charge in [-0.05, 0) is 18.6 Å². The summed E-state index contributed by atoms with van der Waals surface area (Å²) in [6.45, 7) is 9.90. The molecule has 1 atom stereocenters. The van der Waals surface area contributed by atoms with Crippen molar-refractivity contribution in [1.82, 2.24) is 10.3 Å². The third-order valence-electron chi connectivity index (χ3n) is 2.14. The molecule has 0 aromatic carbocycles. The minimum Gasteiger partial charge on any atom is -0.309 e. The summed E-state index contributed by atoms with van der Waals surface area (Å²) >= 11 is 2.00. The van der Waals surface area contributed by atoms with Crippen molar-refractivity contribution in [3.63, 3.8) is 0 Å². The molecule has 1 aromatic heterocycles. The van der Waals surface area contributed by atoms with Gasteiger partial charge in [-0.3, -0.25) is 4.98 Å². The van der Waals surface area contributed by atoms with Crippen molar-refractivity contribution in [2.45, 2.75) is 45.0 Å². The third kappa shape index (κ3) is 6.13. The second-order valence-electron chi connectivity index (χ2n) is 5.07. The maximum atomic E-state index is 4.10. The lowest BCUT2D eigenvalue weighted by molar-refractivity contribution is 0.592. The Bertz CT molecular complexity index is 293. The highest BCUT2D eigenvalue weighted by Crippen LogP contribution is 2.23. The van der Waals surface area contributed by atoms with Gasteiger partial charge >= 0.3 is 0 Å². The van der Waals surface area contributed by atoms with E-state index >= 15 is 0 Å². The molecule has 0 amide bonds. The van der Waals surface area contributed by atoms with E-state index in [2.05, 4.69) is 44.1 Å². The zero-order valence-corrected chi connectivity index (χ0v) is 11.5. The lowest BCUT2D eigenvalue weighted by Gasteiger charge is -2.21. The molecule has 0 aliphatic heterocycles. The summed E-state index contributed by atoms with van der Waals surface area (Å²) in [6, 6.07) is 4.61. The van der Waals surface area contributed by atoms with E-state index in [-0.39, 0.29) is 0 Å². The van der Waals surface area contributed by atoms with Crippen molar-refractivity contribution >= 4 is 11.8 Å². The normalized spacial score (nSPS) is 13.8. The van der Waals surface area contributed by atoms with Crippen LogP contribution >= 0.6 is 11.8 Å². The molecule has 90 valence electrons. The fourth-order valence-corrected chi connectivity index (χ4v) is 2.10. The molecule has 16 heavy (non-hydrogen) atoms. The summed E-state index contributed by atoms with van der Waals surface area (Å²) in [5.41, 5.74) is 1.25. The Kier molecular flexibility index (Phi) is 5.29. The van der Waals surface area contributed by atoms with Gasteiger partial charge in [0.15, 0.2) is 0 Å². The predicted octanol–water partition coefficient (Wildman–Crippen LogP) is 3.09. The molecule has 0 spiro atoms. The van der Waals surface area contributed by atoms with Crippen LogP contribution in [0, 0.1) is 0 Å². The van der Waals surface area contributed by atoms with Crippen molar-refractivity contribution in [2.75, 3.05) is 5.75 Å². The van der Waals surface area contributed by atoms with E-state index in [4.69, 9.17) is 0 Å². The molecule has 2 nitrogen and oxygen atoms in total. The highest BCUT2D eigenvalue weighted by Gasteiger charge is 2.12. The second kappa shape index (κ2) is 6.26. The van der Waals surface area contributed by atoms with Crippen LogP contribution in [0.5, 0.6) is 0 Å². The van der Waals surface area contributed by atoms with Gasteiger partial charge in [-0.1, -0.05) is 26.8 Å². The van der Waals surface area contributed by atoms with Gasteiger partial charge in [-0.25, -0.2) is 0 Å². The standard InChI is InChI=1S/C13H22N2S/c1-11(10-16-13(2,3)4)15-9-12-6-5-7-14-8-12/h5-8,11,15H,9-10H2,1-4H3. The highest BCUT2D eigenvalue weighted by molar-refractivity contribution is 8.00. The molecular formula is C13H22N2S. The molecule has 0 saturated heterocycles. The summed E-state index contributed by atoms with van der Waals surface area (Å²) < 4.78 is 0.351. The summed E-state index contributed by atoms with van der Waals surface area (Å²) in [6.07, 6.45) is 3.72. The van der Waals surface area contributed by atoms with Crippen molar-refractivity contribution in [2.24, 2.45) is 0 Å². The molecule has 0 saturated carbocycles. The van der Waals surface area contributed by atoms with Gasteiger partial charge in [0.1, 0.15) is 0 Å². The summed E-state index contributed by atoms with van der Waals surface area (Å²) in [5, 5.41) is 3.51. The number of aromatic nitrogens is 1. The van der Waals surface area contributed by atoms with Gasteiger partial charge in [0.2, 0.25) is 0 Å². The van der Waals surface area contributed by atoms with Crippen LogP contribution in [0.4, 0.5) is 0 Å². The van der Waals surface area contributed by atoms with E-state index in [1.807, 2.05) is 30.2 Å². The number of rotatable bonds is 5. The van der Waals surface area contributed by atoms with E-state index in [9.17, 15) is 0 Å². The number of thioether (sulfide) groups is 1. The predicted molar refractivity (Wildman–Crippen MR) is 72.7 cm³/mol. The number of nitrogens with one attached hydrogen (secondary N) is 1. The van der Waals surface area contributed by atoms with Gasteiger partial charge in [0.05, 0.1) is 0 Å². The van der Waals surface area contributed by atoms with Crippen LogP contribution in [0.1, 0.15) is 33.3 Å². The molecule has 3 heteroatoms. The van der Waals surface area contributed by atoms with E-state index < -0.39 is 0 Å². The Morgan fingerprint density at radius 1 is 1.44 bits per heavy atom. The van der Waals surface area contributed by atoms with Gasteiger partial charge in [0.25, 0.3) is 0 Å². The molecule has 1 unspecified atom stereocenters. The Morgan fingerprint density at radius 2 is 2.19 bits per heavy atom. The molecule has 1 aromatic rings. The zero-order valence-electron chi connectivity index (χ0n) is 10.7.